The first-order chi connectivity index (χ1) is 7.20. The van der Waals surface area contributed by atoms with Gasteiger partial charge in [0, 0.05) is 6.42 Å². The van der Waals surface area contributed by atoms with Crippen LogP contribution in [0.1, 0.15) is 31.9 Å². The van der Waals surface area contributed by atoms with Crippen LogP contribution in [0.15, 0.2) is 24.3 Å². The van der Waals surface area contributed by atoms with Gasteiger partial charge in [-0.25, -0.2) is 0 Å². The fourth-order valence-corrected chi connectivity index (χ4v) is 1.08. The molecule has 1 atom stereocenters. The molecule has 0 N–H and O–H groups in total. The second-order valence-corrected chi connectivity index (χ2v) is 2.81. The molecule has 0 saturated heterocycles. The first-order valence-electron chi connectivity index (χ1n) is 5.32. The summed E-state index contributed by atoms with van der Waals surface area (Å²) in [5.74, 6) is 0.222. The van der Waals surface area contributed by atoms with Crippen molar-refractivity contribution in [1.29, 1.82) is 0 Å². The maximum absolute atomic E-state index is 10.8. The lowest BCUT2D eigenvalue weighted by Crippen LogP contribution is -1.97. The van der Waals surface area contributed by atoms with Crippen molar-refractivity contribution in [2.45, 2.75) is 34.1 Å². The maximum atomic E-state index is 10.8. The Labute approximate surface area is 96.5 Å². The lowest BCUT2D eigenvalue weighted by Gasteiger charge is -2.00. The Bertz CT molecular complexity index is 269. The molecule has 0 fully saturated rings. The number of hydrogen-bond acceptors (Lipinski definition) is 1. The Kier molecular flexibility index (Phi) is 12.7. The van der Waals surface area contributed by atoms with E-state index in [0.29, 0.717) is 6.42 Å². The Morgan fingerprint density at radius 1 is 1.20 bits per heavy atom. The van der Waals surface area contributed by atoms with Crippen LogP contribution in [0.25, 0.3) is 0 Å². The van der Waals surface area contributed by atoms with Crippen LogP contribution in [0, 0.1) is 6.92 Å². The Balaban J connectivity index is 0. The highest BCUT2D eigenvalue weighted by atomic mass is 31.0. The van der Waals surface area contributed by atoms with Crippen molar-refractivity contribution < 1.29 is 4.79 Å². The molecule has 1 unspecified atom stereocenters. The molecule has 0 aliphatic carbocycles. The zero-order valence-corrected chi connectivity index (χ0v) is 11.7. The van der Waals surface area contributed by atoms with Crippen LogP contribution in [0.5, 0.6) is 0 Å². The Morgan fingerprint density at radius 2 is 1.67 bits per heavy atom. The predicted molar refractivity (Wildman–Crippen MR) is 72.5 cm³/mol. The first kappa shape index (κ1) is 16.7. The highest BCUT2D eigenvalue weighted by Gasteiger charge is 1.98. The fraction of sp³-hybridized carbons (Fsp3) is 0.462. The molecule has 0 radical (unpaired) electrons. The second kappa shape index (κ2) is 11.4. The SMILES string of the molecule is CC.CC(=O)Cc1ccccc1C.CP. The van der Waals surface area contributed by atoms with Crippen molar-refractivity contribution in [3.63, 3.8) is 0 Å². The van der Waals surface area contributed by atoms with E-state index in [1.165, 1.54) is 5.56 Å². The van der Waals surface area contributed by atoms with Gasteiger partial charge in [0.1, 0.15) is 5.78 Å². The Hall–Kier alpha value is -0.680. The van der Waals surface area contributed by atoms with Gasteiger partial charge in [0.15, 0.2) is 0 Å². The second-order valence-electron chi connectivity index (χ2n) is 2.81. The molecule has 0 bridgehead atoms. The monoisotopic (exact) mass is 226 g/mol. The van der Waals surface area contributed by atoms with E-state index in [1.807, 2.05) is 51.7 Å². The smallest absolute Gasteiger partial charge is 0.134 e. The van der Waals surface area contributed by atoms with Crippen LogP contribution in [0.2, 0.25) is 0 Å². The molecule has 0 spiro atoms. The van der Waals surface area contributed by atoms with E-state index in [9.17, 15) is 4.79 Å². The van der Waals surface area contributed by atoms with Crippen LogP contribution in [-0.4, -0.2) is 12.4 Å². The third kappa shape index (κ3) is 8.32. The summed E-state index contributed by atoms with van der Waals surface area (Å²) in [5.41, 5.74) is 2.34. The molecule has 1 nitrogen and oxygen atoms in total. The molecule has 0 aliphatic heterocycles. The topological polar surface area (TPSA) is 17.1 Å². The average molecular weight is 226 g/mol. The summed E-state index contributed by atoms with van der Waals surface area (Å²) in [6.45, 7) is 9.56. The highest BCUT2D eigenvalue weighted by Crippen LogP contribution is 2.07. The van der Waals surface area contributed by atoms with Crippen molar-refractivity contribution in [3.05, 3.63) is 35.4 Å². The molecule has 1 aromatic rings. The van der Waals surface area contributed by atoms with Crippen molar-refractivity contribution in [2.24, 2.45) is 0 Å². The van der Waals surface area contributed by atoms with Gasteiger partial charge in [0.2, 0.25) is 0 Å². The maximum Gasteiger partial charge on any atom is 0.134 e. The number of carbonyl (C=O) groups excluding carboxylic acids is 1. The number of ketones is 1. The molecular formula is C13H23OP. The Morgan fingerprint density at radius 3 is 2.07 bits per heavy atom. The number of Topliss-reactive ketones (excluding diaryl/α,β-unsaturated/α-hetero) is 1. The van der Waals surface area contributed by atoms with Crippen LogP contribution in [-0.2, 0) is 11.2 Å². The lowest BCUT2D eigenvalue weighted by molar-refractivity contribution is -0.116. The quantitative estimate of drug-likeness (QED) is 0.703. The molecule has 0 saturated carbocycles. The molecule has 1 aromatic carbocycles. The van der Waals surface area contributed by atoms with E-state index in [1.54, 1.807) is 6.92 Å². The minimum atomic E-state index is 0.222. The van der Waals surface area contributed by atoms with Gasteiger partial charge >= 0.3 is 0 Å². The molecule has 0 aromatic heterocycles. The van der Waals surface area contributed by atoms with Gasteiger partial charge in [-0.05, 0) is 25.0 Å². The normalized spacial score (nSPS) is 7.87. The number of benzene rings is 1. The summed E-state index contributed by atoms with van der Waals surface area (Å²) in [4.78, 5) is 10.8. The minimum Gasteiger partial charge on any atom is -0.300 e. The standard InChI is InChI=1S/C10H12O.C2H6.CH5P/c1-8-5-3-4-6-10(8)7-9(2)11;2*1-2/h3-6H,7H2,1-2H3;1-2H3;2H2,1H3. The number of aryl methyl sites for hydroxylation is 1. The third-order valence-electron chi connectivity index (χ3n) is 1.70. The molecule has 86 valence electrons. The largest absolute Gasteiger partial charge is 0.300 e. The van der Waals surface area contributed by atoms with Gasteiger partial charge in [-0.15, -0.1) is 9.24 Å². The summed E-state index contributed by atoms with van der Waals surface area (Å²) in [5, 5.41) is 0. The highest BCUT2D eigenvalue weighted by molar-refractivity contribution is 7.15. The van der Waals surface area contributed by atoms with Crippen LogP contribution in [0.4, 0.5) is 0 Å². The van der Waals surface area contributed by atoms with Gasteiger partial charge in [-0.1, -0.05) is 44.8 Å². The summed E-state index contributed by atoms with van der Waals surface area (Å²) in [7, 11) is 2.42. The van der Waals surface area contributed by atoms with E-state index >= 15 is 0 Å². The predicted octanol–water partition coefficient (Wildman–Crippen LogP) is 3.64. The molecular weight excluding hydrogens is 203 g/mol. The van der Waals surface area contributed by atoms with E-state index in [0.717, 1.165) is 5.56 Å². The van der Waals surface area contributed by atoms with Crippen molar-refractivity contribution in [3.8, 4) is 0 Å². The van der Waals surface area contributed by atoms with Crippen LogP contribution < -0.4 is 0 Å². The zero-order valence-electron chi connectivity index (χ0n) is 10.5. The zero-order chi connectivity index (χ0) is 12.3. The van der Waals surface area contributed by atoms with E-state index in [4.69, 9.17) is 0 Å². The molecule has 1 rings (SSSR count). The van der Waals surface area contributed by atoms with Gasteiger partial charge in [-0.2, -0.15) is 0 Å². The summed E-state index contributed by atoms with van der Waals surface area (Å²) < 4.78 is 0. The van der Waals surface area contributed by atoms with Gasteiger partial charge in [-0.3, -0.25) is 4.79 Å². The van der Waals surface area contributed by atoms with Crippen molar-refractivity contribution >= 4 is 15.0 Å². The average Bonchev–Trinajstić information content (AvgIpc) is 2.27. The number of hydrogen-bond donors (Lipinski definition) is 0. The van der Waals surface area contributed by atoms with Gasteiger partial charge < -0.3 is 0 Å². The van der Waals surface area contributed by atoms with Crippen LogP contribution in [0.3, 0.4) is 0 Å². The first-order valence-corrected chi connectivity index (χ1v) is 6.47. The summed E-state index contributed by atoms with van der Waals surface area (Å²) in [6.07, 6.45) is 0.562. The van der Waals surface area contributed by atoms with E-state index in [-0.39, 0.29) is 5.78 Å². The molecule has 15 heavy (non-hydrogen) atoms. The molecule has 2 heteroatoms. The minimum absolute atomic E-state index is 0.222. The summed E-state index contributed by atoms with van der Waals surface area (Å²) >= 11 is 0. The van der Waals surface area contributed by atoms with Gasteiger partial charge in [0.05, 0.1) is 0 Å². The summed E-state index contributed by atoms with van der Waals surface area (Å²) in [6, 6.07) is 7.97. The molecule has 0 amide bonds. The van der Waals surface area contributed by atoms with Gasteiger partial charge in [0.25, 0.3) is 0 Å². The molecule has 0 heterocycles. The number of carbonyl (C=O) groups is 1. The third-order valence-corrected chi connectivity index (χ3v) is 1.70. The van der Waals surface area contributed by atoms with E-state index < -0.39 is 0 Å². The fourth-order valence-electron chi connectivity index (χ4n) is 1.08. The van der Waals surface area contributed by atoms with Crippen molar-refractivity contribution in [1.82, 2.24) is 0 Å². The lowest BCUT2D eigenvalue weighted by atomic mass is 10.0. The molecule has 0 aliphatic rings. The van der Waals surface area contributed by atoms with E-state index in [2.05, 4.69) is 9.24 Å². The van der Waals surface area contributed by atoms with Crippen molar-refractivity contribution in [2.75, 3.05) is 6.66 Å². The van der Waals surface area contributed by atoms with Crippen LogP contribution >= 0.6 is 9.24 Å². The number of rotatable bonds is 2.